The molecular formula is C17H19BrO2. The molecule has 20 heavy (non-hydrogen) atoms. The third kappa shape index (κ3) is 3.41. The van der Waals surface area contributed by atoms with E-state index < -0.39 is 0 Å². The molecular weight excluding hydrogens is 316 g/mol. The predicted octanol–water partition coefficient (Wildman–Crippen LogP) is 5.03. The number of hydrogen-bond acceptors (Lipinski definition) is 2. The first-order valence-corrected chi connectivity index (χ1v) is 7.38. The molecule has 0 atom stereocenters. The van der Waals surface area contributed by atoms with Gasteiger partial charge in [0, 0.05) is 15.6 Å². The summed E-state index contributed by atoms with van der Waals surface area (Å²) in [5, 5.41) is 9.45. The van der Waals surface area contributed by atoms with Gasteiger partial charge in [0.1, 0.15) is 11.5 Å². The Labute approximate surface area is 128 Å². The third-order valence-electron chi connectivity index (χ3n) is 3.11. The predicted molar refractivity (Wildman–Crippen MR) is 85.3 cm³/mol. The summed E-state index contributed by atoms with van der Waals surface area (Å²) >= 11 is 3.40. The van der Waals surface area contributed by atoms with Gasteiger partial charge in [0.15, 0.2) is 0 Å². The summed E-state index contributed by atoms with van der Waals surface area (Å²) in [6.07, 6.45) is 0. The number of benzene rings is 2. The monoisotopic (exact) mass is 334 g/mol. The summed E-state index contributed by atoms with van der Waals surface area (Å²) in [7, 11) is 0. The van der Waals surface area contributed by atoms with Crippen LogP contribution in [0.2, 0.25) is 0 Å². The molecule has 0 spiro atoms. The lowest BCUT2D eigenvalue weighted by Crippen LogP contribution is -2.12. The van der Waals surface area contributed by atoms with E-state index in [2.05, 4.69) is 42.8 Å². The summed E-state index contributed by atoms with van der Waals surface area (Å²) in [4.78, 5) is 0. The molecule has 0 aliphatic heterocycles. The Morgan fingerprint density at radius 2 is 1.75 bits per heavy atom. The average Bonchev–Trinajstić information content (AvgIpc) is 2.40. The zero-order valence-corrected chi connectivity index (χ0v) is 13.6. The molecule has 1 N–H and O–H groups in total. The van der Waals surface area contributed by atoms with Gasteiger partial charge in [-0.1, -0.05) is 54.9 Å². The van der Waals surface area contributed by atoms with Crippen molar-refractivity contribution >= 4 is 15.9 Å². The van der Waals surface area contributed by atoms with Crippen LogP contribution in [0.25, 0.3) is 0 Å². The van der Waals surface area contributed by atoms with Crippen molar-refractivity contribution in [2.75, 3.05) is 0 Å². The van der Waals surface area contributed by atoms with Gasteiger partial charge in [-0.05, 0) is 29.7 Å². The van der Waals surface area contributed by atoms with Crippen LogP contribution in [0.15, 0.2) is 46.9 Å². The first kappa shape index (κ1) is 15.1. The highest BCUT2D eigenvalue weighted by atomic mass is 79.9. The topological polar surface area (TPSA) is 29.5 Å². The zero-order valence-electron chi connectivity index (χ0n) is 12.0. The Balaban J connectivity index is 2.41. The summed E-state index contributed by atoms with van der Waals surface area (Å²) in [6.45, 7) is 6.42. The van der Waals surface area contributed by atoms with Crippen LogP contribution >= 0.6 is 15.9 Å². The molecule has 0 heterocycles. The lowest BCUT2D eigenvalue weighted by molar-refractivity contribution is 0.276. The second-order valence-corrected chi connectivity index (χ2v) is 6.67. The van der Waals surface area contributed by atoms with Crippen LogP contribution in [-0.2, 0) is 12.0 Å². The van der Waals surface area contributed by atoms with E-state index in [4.69, 9.17) is 4.74 Å². The van der Waals surface area contributed by atoms with Gasteiger partial charge in [-0.2, -0.15) is 0 Å². The molecule has 0 unspecified atom stereocenters. The van der Waals surface area contributed by atoms with Gasteiger partial charge in [-0.3, -0.25) is 0 Å². The van der Waals surface area contributed by atoms with E-state index in [1.165, 1.54) is 0 Å². The summed E-state index contributed by atoms with van der Waals surface area (Å²) < 4.78 is 6.96. The number of aliphatic hydroxyl groups excluding tert-OH is 1. The lowest BCUT2D eigenvalue weighted by Gasteiger charge is -2.23. The van der Waals surface area contributed by atoms with Crippen molar-refractivity contribution in [2.24, 2.45) is 0 Å². The quantitative estimate of drug-likeness (QED) is 0.852. The first-order chi connectivity index (χ1) is 9.41. The largest absolute Gasteiger partial charge is 0.457 e. The maximum atomic E-state index is 9.45. The van der Waals surface area contributed by atoms with E-state index in [-0.39, 0.29) is 12.0 Å². The SMILES string of the molecule is CC(C)(C)c1ccccc1Oc1ccc(Br)cc1CO. The molecule has 0 aromatic heterocycles. The highest BCUT2D eigenvalue weighted by Gasteiger charge is 2.19. The molecule has 2 aromatic carbocycles. The molecule has 0 saturated carbocycles. The van der Waals surface area contributed by atoms with Gasteiger partial charge in [0.2, 0.25) is 0 Å². The normalized spacial score (nSPS) is 11.4. The van der Waals surface area contributed by atoms with Crippen molar-refractivity contribution in [3.63, 3.8) is 0 Å². The Kier molecular flexibility index (Phi) is 4.51. The number of aliphatic hydroxyl groups is 1. The van der Waals surface area contributed by atoms with E-state index in [9.17, 15) is 5.11 Å². The van der Waals surface area contributed by atoms with Crippen LogP contribution in [0.5, 0.6) is 11.5 Å². The van der Waals surface area contributed by atoms with Crippen molar-refractivity contribution in [1.29, 1.82) is 0 Å². The molecule has 2 rings (SSSR count). The molecule has 3 heteroatoms. The van der Waals surface area contributed by atoms with Gasteiger partial charge in [0.25, 0.3) is 0 Å². The first-order valence-electron chi connectivity index (χ1n) is 6.58. The third-order valence-corrected chi connectivity index (χ3v) is 3.60. The van der Waals surface area contributed by atoms with Gasteiger partial charge < -0.3 is 9.84 Å². The summed E-state index contributed by atoms with van der Waals surface area (Å²) in [5.74, 6) is 1.52. The fourth-order valence-electron chi connectivity index (χ4n) is 2.06. The van der Waals surface area contributed by atoms with E-state index >= 15 is 0 Å². The Morgan fingerprint density at radius 3 is 2.40 bits per heavy atom. The van der Waals surface area contributed by atoms with Crippen molar-refractivity contribution in [2.45, 2.75) is 32.8 Å². The van der Waals surface area contributed by atoms with Crippen LogP contribution in [-0.4, -0.2) is 5.11 Å². The van der Waals surface area contributed by atoms with E-state index in [1.807, 2.05) is 36.4 Å². The molecule has 0 aliphatic rings. The minimum atomic E-state index is -0.0491. The van der Waals surface area contributed by atoms with Crippen LogP contribution < -0.4 is 4.74 Å². The number of rotatable bonds is 3. The maximum absolute atomic E-state index is 9.45. The van der Waals surface area contributed by atoms with Gasteiger partial charge in [0.05, 0.1) is 6.61 Å². The second kappa shape index (κ2) is 5.98. The standard InChI is InChI=1S/C17H19BrO2/c1-17(2,3)14-6-4-5-7-16(14)20-15-9-8-13(18)10-12(15)11-19/h4-10,19H,11H2,1-3H3. The fraction of sp³-hybridized carbons (Fsp3) is 0.294. The highest BCUT2D eigenvalue weighted by molar-refractivity contribution is 9.10. The van der Waals surface area contributed by atoms with Crippen molar-refractivity contribution in [3.8, 4) is 11.5 Å². The van der Waals surface area contributed by atoms with Crippen molar-refractivity contribution < 1.29 is 9.84 Å². The smallest absolute Gasteiger partial charge is 0.133 e. The molecule has 2 aromatic rings. The van der Waals surface area contributed by atoms with Gasteiger partial charge in [-0.15, -0.1) is 0 Å². The van der Waals surface area contributed by atoms with E-state index in [1.54, 1.807) is 0 Å². The molecule has 0 bridgehead atoms. The number of hydrogen-bond donors (Lipinski definition) is 1. The lowest BCUT2D eigenvalue weighted by atomic mass is 9.86. The summed E-state index contributed by atoms with van der Waals surface area (Å²) in [5.41, 5.74) is 1.92. The average molecular weight is 335 g/mol. The number of ether oxygens (including phenoxy) is 1. The molecule has 0 aliphatic carbocycles. The van der Waals surface area contributed by atoms with Gasteiger partial charge >= 0.3 is 0 Å². The fourth-order valence-corrected chi connectivity index (χ4v) is 2.47. The summed E-state index contributed by atoms with van der Waals surface area (Å²) in [6, 6.07) is 13.7. The Morgan fingerprint density at radius 1 is 1.05 bits per heavy atom. The highest BCUT2D eigenvalue weighted by Crippen LogP contribution is 2.35. The van der Waals surface area contributed by atoms with Crippen LogP contribution in [0.3, 0.4) is 0 Å². The van der Waals surface area contributed by atoms with E-state index in [0.29, 0.717) is 5.75 Å². The number of halogens is 1. The maximum Gasteiger partial charge on any atom is 0.133 e. The molecule has 0 amide bonds. The molecule has 0 saturated heterocycles. The minimum absolute atomic E-state index is 0.00529. The molecule has 106 valence electrons. The van der Waals surface area contributed by atoms with E-state index in [0.717, 1.165) is 21.3 Å². The molecule has 0 radical (unpaired) electrons. The minimum Gasteiger partial charge on any atom is -0.457 e. The van der Waals surface area contributed by atoms with Gasteiger partial charge in [-0.25, -0.2) is 0 Å². The van der Waals surface area contributed by atoms with Crippen LogP contribution in [0, 0.1) is 0 Å². The second-order valence-electron chi connectivity index (χ2n) is 5.76. The van der Waals surface area contributed by atoms with Crippen LogP contribution in [0.1, 0.15) is 31.9 Å². The molecule has 0 fully saturated rings. The number of para-hydroxylation sites is 1. The Bertz CT molecular complexity index is 600. The van der Waals surface area contributed by atoms with Crippen molar-refractivity contribution in [1.82, 2.24) is 0 Å². The Hall–Kier alpha value is -1.32. The zero-order chi connectivity index (χ0) is 14.8. The van der Waals surface area contributed by atoms with Crippen molar-refractivity contribution in [3.05, 3.63) is 58.1 Å². The van der Waals surface area contributed by atoms with Crippen LogP contribution in [0.4, 0.5) is 0 Å². The molecule has 2 nitrogen and oxygen atoms in total.